The van der Waals surface area contributed by atoms with Crippen LogP contribution in [0.25, 0.3) is 11.8 Å². The molecule has 8 nitrogen and oxygen atoms in total. The van der Waals surface area contributed by atoms with Gasteiger partial charge in [0.05, 0.1) is 11.9 Å². The molecule has 2 heterocycles. The third kappa shape index (κ3) is 6.19. The van der Waals surface area contributed by atoms with Crippen LogP contribution in [0, 0.1) is 5.92 Å². The van der Waals surface area contributed by atoms with E-state index in [0.29, 0.717) is 25.9 Å². The number of hydrogen-bond donors (Lipinski definition) is 1. The van der Waals surface area contributed by atoms with Gasteiger partial charge in [-0.3, -0.25) is 9.59 Å². The number of anilines is 1. The predicted octanol–water partition coefficient (Wildman–Crippen LogP) is 3.31. The fourth-order valence-corrected chi connectivity index (χ4v) is 3.74. The van der Waals surface area contributed by atoms with E-state index in [1.165, 1.54) is 6.08 Å². The number of hydrogen-bond acceptors (Lipinski definition) is 5. The van der Waals surface area contributed by atoms with Gasteiger partial charge in [-0.15, -0.1) is 0 Å². The van der Waals surface area contributed by atoms with Crippen molar-refractivity contribution in [2.24, 2.45) is 5.92 Å². The van der Waals surface area contributed by atoms with Crippen LogP contribution >= 0.6 is 0 Å². The molecule has 0 unspecified atom stereocenters. The third-order valence-electron chi connectivity index (χ3n) is 5.63. The molecule has 1 aliphatic heterocycles. The predicted molar refractivity (Wildman–Crippen MR) is 128 cm³/mol. The molecule has 0 spiro atoms. The highest BCUT2D eigenvalue weighted by Crippen LogP contribution is 2.19. The second-order valence-electron chi connectivity index (χ2n) is 8.01. The van der Waals surface area contributed by atoms with Crippen molar-refractivity contribution in [1.29, 1.82) is 0 Å². The van der Waals surface area contributed by atoms with Crippen molar-refractivity contribution in [3.8, 4) is 5.69 Å². The van der Waals surface area contributed by atoms with Gasteiger partial charge in [-0.1, -0.05) is 36.4 Å². The molecule has 1 saturated heterocycles. The van der Waals surface area contributed by atoms with Crippen LogP contribution < -0.4 is 5.32 Å². The summed E-state index contributed by atoms with van der Waals surface area (Å²) in [4.78, 5) is 38.5. The monoisotopic (exact) mass is 458 g/mol. The molecule has 4 rings (SSSR count). The molecule has 0 radical (unpaired) electrons. The Labute approximate surface area is 197 Å². The van der Waals surface area contributed by atoms with E-state index in [1.807, 2.05) is 60.7 Å². The summed E-state index contributed by atoms with van der Waals surface area (Å²) in [7, 11) is 0. The summed E-state index contributed by atoms with van der Waals surface area (Å²) < 4.78 is 6.81. The molecular formula is C26H26N4O4. The van der Waals surface area contributed by atoms with Gasteiger partial charge < -0.3 is 15.0 Å². The Kier molecular flexibility index (Phi) is 7.49. The molecule has 3 aromatic rings. The van der Waals surface area contributed by atoms with E-state index in [-0.39, 0.29) is 24.3 Å². The van der Waals surface area contributed by atoms with E-state index in [1.54, 1.807) is 28.1 Å². The number of benzene rings is 2. The number of carbonyl (C=O) groups excluding carboxylic acids is 3. The normalized spacial score (nSPS) is 14.2. The van der Waals surface area contributed by atoms with E-state index >= 15 is 0 Å². The van der Waals surface area contributed by atoms with Crippen LogP contribution in [-0.2, 0) is 19.1 Å². The lowest BCUT2D eigenvalue weighted by molar-refractivity contribution is -0.149. The number of esters is 1. The van der Waals surface area contributed by atoms with Crippen LogP contribution in [0.1, 0.15) is 18.4 Å². The minimum absolute atomic E-state index is 0.0366. The summed E-state index contributed by atoms with van der Waals surface area (Å²) in [6.07, 6.45) is 7.45. The topological polar surface area (TPSA) is 93.5 Å². The zero-order chi connectivity index (χ0) is 23.8. The second kappa shape index (κ2) is 11.1. The molecule has 0 bridgehead atoms. The number of nitrogens with one attached hydrogen (secondary N) is 1. The van der Waals surface area contributed by atoms with Crippen molar-refractivity contribution in [2.45, 2.75) is 12.8 Å². The fraction of sp³-hybridized carbons (Fsp3) is 0.231. The van der Waals surface area contributed by atoms with E-state index < -0.39 is 5.97 Å². The molecule has 0 atom stereocenters. The molecule has 1 fully saturated rings. The third-order valence-corrected chi connectivity index (χ3v) is 5.63. The van der Waals surface area contributed by atoms with E-state index in [2.05, 4.69) is 10.4 Å². The van der Waals surface area contributed by atoms with Crippen molar-refractivity contribution in [1.82, 2.24) is 14.7 Å². The minimum Gasteiger partial charge on any atom is -0.452 e. The molecule has 8 heteroatoms. The lowest BCUT2D eigenvalue weighted by Crippen LogP contribution is -2.43. The first-order valence-corrected chi connectivity index (χ1v) is 11.2. The average molecular weight is 459 g/mol. The molecule has 174 valence electrons. The summed E-state index contributed by atoms with van der Waals surface area (Å²) in [5, 5.41) is 7.17. The van der Waals surface area contributed by atoms with Crippen molar-refractivity contribution in [3.05, 3.63) is 84.7 Å². The highest BCUT2D eigenvalue weighted by atomic mass is 16.5. The summed E-state index contributed by atoms with van der Waals surface area (Å²) in [6.45, 7) is 0.586. The van der Waals surface area contributed by atoms with Crippen LogP contribution in [0.15, 0.2) is 79.1 Å². The van der Waals surface area contributed by atoms with Crippen LogP contribution in [-0.4, -0.2) is 52.2 Å². The Morgan fingerprint density at radius 3 is 2.38 bits per heavy atom. The molecule has 2 aromatic carbocycles. The summed E-state index contributed by atoms with van der Waals surface area (Å²) in [5.41, 5.74) is 2.41. The summed E-state index contributed by atoms with van der Waals surface area (Å²) in [5.74, 6) is -1.05. The maximum atomic E-state index is 12.4. The number of carbonyl (C=O) groups is 3. The van der Waals surface area contributed by atoms with Gasteiger partial charge in [-0.25, -0.2) is 9.48 Å². The number of rotatable bonds is 7. The lowest BCUT2D eigenvalue weighted by Gasteiger charge is -2.31. The number of piperidine rings is 1. The van der Waals surface area contributed by atoms with Crippen LogP contribution in [0.5, 0.6) is 0 Å². The Morgan fingerprint density at radius 2 is 1.68 bits per heavy atom. The SMILES string of the molecule is O=C(/C=C/c1cnn(-c2ccccc2)c1)OCC(=O)N1CCC(C(=O)Nc2ccccc2)CC1. The average Bonchev–Trinajstić information content (AvgIpc) is 3.36. The van der Waals surface area contributed by atoms with E-state index in [9.17, 15) is 14.4 Å². The Hall–Kier alpha value is -4.20. The van der Waals surface area contributed by atoms with Crippen LogP contribution in [0.4, 0.5) is 5.69 Å². The van der Waals surface area contributed by atoms with Crippen molar-refractivity contribution in [2.75, 3.05) is 25.0 Å². The number of nitrogens with zero attached hydrogens (tertiary/aromatic N) is 3. The molecular weight excluding hydrogens is 432 g/mol. The maximum Gasteiger partial charge on any atom is 0.331 e. The van der Waals surface area contributed by atoms with Gasteiger partial charge in [0, 0.05) is 42.5 Å². The van der Waals surface area contributed by atoms with Crippen LogP contribution in [0.2, 0.25) is 0 Å². The zero-order valence-electron chi connectivity index (χ0n) is 18.7. The number of aromatic nitrogens is 2. The van der Waals surface area contributed by atoms with Gasteiger partial charge >= 0.3 is 5.97 Å². The number of ether oxygens (including phenoxy) is 1. The second-order valence-corrected chi connectivity index (χ2v) is 8.01. The standard InChI is InChI=1S/C26H26N4O4/c31-24(29-15-13-21(14-16-29)26(33)28-22-7-3-1-4-8-22)19-34-25(32)12-11-20-17-27-30(18-20)23-9-5-2-6-10-23/h1-12,17-18,21H,13-16,19H2,(H,28,33)/b12-11+. The molecule has 1 aromatic heterocycles. The molecule has 0 aliphatic carbocycles. The summed E-state index contributed by atoms with van der Waals surface area (Å²) >= 11 is 0. The maximum absolute atomic E-state index is 12.4. The van der Waals surface area contributed by atoms with Gasteiger partial charge in [0.15, 0.2) is 6.61 Å². The first kappa shape index (κ1) is 23.0. The quantitative estimate of drug-likeness (QED) is 0.433. The minimum atomic E-state index is -0.599. The Balaban J connectivity index is 1.19. The highest BCUT2D eigenvalue weighted by Gasteiger charge is 2.27. The number of likely N-dealkylation sites (tertiary alicyclic amines) is 1. The van der Waals surface area contributed by atoms with Crippen molar-refractivity contribution < 1.29 is 19.1 Å². The molecule has 0 saturated carbocycles. The number of amides is 2. The van der Waals surface area contributed by atoms with E-state index in [0.717, 1.165) is 16.9 Å². The first-order chi connectivity index (χ1) is 16.6. The Morgan fingerprint density at radius 1 is 1.00 bits per heavy atom. The van der Waals surface area contributed by atoms with Crippen LogP contribution in [0.3, 0.4) is 0 Å². The lowest BCUT2D eigenvalue weighted by atomic mass is 9.95. The molecule has 1 aliphatic rings. The first-order valence-electron chi connectivity index (χ1n) is 11.2. The molecule has 2 amide bonds. The molecule has 34 heavy (non-hydrogen) atoms. The van der Waals surface area contributed by atoms with Gasteiger partial charge in [0.25, 0.3) is 5.91 Å². The van der Waals surface area contributed by atoms with Crippen molar-refractivity contribution in [3.63, 3.8) is 0 Å². The van der Waals surface area contributed by atoms with Gasteiger partial charge in [-0.2, -0.15) is 5.10 Å². The van der Waals surface area contributed by atoms with Gasteiger partial charge in [0.1, 0.15) is 0 Å². The van der Waals surface area contributed by atoms with E-state index in [4.69, 9.17) is 4.74 Å². The Bertz CT molecular complexity index is 1150. The largest absolute Gasteiger partial charge is 0.452 e. The summed E-state index contributed by atoms with van der Waals surface area (Å²) in [6, 6.07) is 18.9. The molecule has 1 N–H and O–H groups in total. The smallest absolute Gasteiger partial charge is 0.331 e. The van der Waals surface area contributed by atoms with Gasteiger partial charge in [-0.05, 0) is 43.2 Å². The zero-order valence-corrected chi connectivity index (χ0v) is 18.7. The fourth-order valence-electron chi connectivity index (χ4n) is 3.74. The van der Waals surface area contributed by atoms with Crippen molar-refractivity contribution >= 4 is 29.5 Å². The number of para-hydroxylation sites is 2. The highest BCUT2D eigenvalue weighted by molar-refractivity contribution is 5.93. The van der Waals surface area contributed by atoms with Gasteiger partial charge in [0.2, 0.25) is 5.91 Å².